The van der Waals surface area contributed by atoms with Gasteiger partial charge in [-0.15, -0.1) is 10.2 Å². The zero-order valence-corrected chi connectivity index (χ0v) is 14.1. The van der Waals surface area contributed by atoms with E-state index in [4.69, 9.17) is 4.42 Å². The van der Waals surface area contributed by atoms with Crippen molar-refractivity contribution in [3.63, 3.8) is 0 Å². The lowest BCUT2D eigenvalue weighted by atomic mass is 10.0. The Hall–Kier alpha value is -1.76. The first-order valence-corrected chi connectivity index (χ1v) is 7.71. The third kappa shape index (κ3) is 4.37. The van der Waals surface area contributed by atoms with Crippen LogP contribution < -0.4 is 5.32 Å². The summed E-state index contributed by atoms with van der Waals surface area (Å²) in [6, 6.07) is 3.63. The van der Waals surface area contributed by atoms with Gasteiger partial charge in [0.2, 0.25) is 11.8 Å². The van der Waals surface area contributed by atoms with Gasteiger partial charge in [0.15, 0.2) is 0 Å². The third-order valence-electron chi connectivity index (χ3n) is 2.98. The number of halogens is 2. The second kappa shape index (κ2) is 7.00. The fourth-order valence-electron chi connectivity index (χ4n) is 2.07. The Labute approximate surface area is 136 Å². The second-order valence-corrected chi connectivity index (χ2v) is 6.39. The van der Waals surface area contributed by atoms with E-state index in [0.717, 1.165) is 0 Å². The van der Waals surface area contributed by atoms with Crippen LogP contribution in [0, 0.1) is 18.7 Å². The fraction of sp³-hybridized carbons (Fsp3) is 0.400. The van der Waals surface area contributed by atoms with Gasteiger partial charge in [-0.2, -0.15) is 0 Å². The van der Waals surface area contributed by atoms with Gasteiger partial charge in [-0.25, -0.2) is 4.39 Å². The molecule has 1 heterocycles. The number of benzene rings is 1. The van der Waals surface area contributed by atoms with Gasteiger partial charge in [-0.3, -0.25) is 4.79 Å². The van der Waals surface area contributed by atoms with Gasteiger partial charge in [-0.05, 0) is 30.5 Å². The lowest BCUT2D eigenvalue weighted by Gasteiger charge is -2.17. The van der Waals surface area contributed by atoms with E-state index >= 15 is 0 Å². The standard InChI is InChI=1S/C15H17BrFN3O2/c1-8(2)4-13(15-20-19-9(3)22-15)18-14(21)10-5-11(16)7-12(17)6-10/h5-8,13H,4H2,1-3H3,(H,18,21). The van der Waals surface area contributed by atoms with Crippen LogP contribution in [0.1, 0.15) is 48.4 Å². The quantitative estimate of drug-likeness (QED) is 0.870. The largest absolute Gasteiger partial charge is 0.423 e. The molecule has 0 saturated carbocycles. The van der Waals surface area contributed by atoms with E-state index in [1.54, 1.807) is 13.0 Å². The van der Waals surface area contributed by atoms with Crippen molar-refractivity contribution in [3.05, 3.63) is 45.8 Å². The van der Waals surface area contributed by atoms with Crippen LogP contribution in [-0.4, -0.2) is 16.1 Å². The van der Waals surface area contributed by atoms with Crippen molar-refractivity contribution >= 4 is 21.8 Å². The average molecular weight is 370 g/mol. The molecule has 0 spiro atoms. The van der Waals surface area contributed by atoms with E-state index < -0.39 is 11.9 Å². The van der Waals surface area contributed by atoms with Crippen molar-refractivity contribution in [1.29, 1.82) is 0 Å². The van der Waals surface area contributed by atoms with Gasteiger partial charge in [0.1, 0.15) is 11.9 Å². The number of hydrogen-bond donors (Lipinski definition) is 1. The molecule has 2 rings (SSSR count). The first kappa shape index (κ1) is 16.6. The Kier molecular flexibility index (Phi) is 5.28. The van der Waals surface area contributed by atoms with Crippen molar-refractivity contribution < 1.29 is 13.6 Å². The number of nitrogens with one attached hydrogen (secondary N) is 1. The van der Waals surface area contributed by atoms with Gasteiger partial charge in [0.25, 0.3) is 5.91 Å². The highest BCUT2D eigenvalue weighted by molar-refractivity contribution is 9.10. The van der Waals surface area contributed by atoms with E-state index in [2.05, 4.69) is 31.4 Å². The van der Waals surface area contributed by atoms with Gasteiger partial charge in [0, 0.05) is 17.0 Å². The van der Waals surface area contributed by atoms with Crippen molar-refractivity contribution in [1.82, 2.24) is 15.5 Å². The lowest BCUT2D eigenvalue weighted by molar-refractivity contribution is 0.0923. The number of nitrogens with zero attached hydrogens (tertiary/aromatic N) is 2. The van der Waals surface area contributed by atoms with Crippen molar-refractivity contribution in [2.75, 3.05) is 0 Å². The summed E-state index contributed by atoms with van der Waals surface area (Å²) < 4.78 is 19.3. The summed E-state index contributed by atoms with van der Waals surface area (Å²) in [7, 11) is 0. The Balaban J connectivity index is 2.20. The molecule has 5 nitrogen and oxygen atoms in total. The maximum absolute atomic E-state index is 13.4. The summed E-state index contributed by atoms with van der Waals surface area (Å²) in [4.78, 5) is 12.3. The van der Waals surface area contributed by atoms with Crippen molar-refractivity contribution in [3.8, 4) is 0 Å². The highest BCUT2D eigenvalue weighted by atomic mass is 79.9. The summed E-state index contributed by atoms with van der Waals surface area (Å²) in [5.74, 6) is 0.244. The monoisotopic (exact) mass is 369 g/mol. The maximum Gasteiger partial charge on any atom is 0.252 e. The molecule has 1 unspecified atom stereocenters. The van der Waals surface area contributed by atoms with Crippen molar-refractivity contribution in [2.45, 2.75) is 33.2 Å². The molecule has 1 atom stereocenters. The highest BCUT2D eigenvalue weighted by Crippen LogP contribution is 2.22. The van der Waals surface area contributed by atoms with E-state index in [-0.39, 0.29) is 11.5 Å². The second-order valence-electron chi connectivity index (χ2n) is 5.47. The topological polar surface area (TPSA) is 68.0 Å². The molecule has 0 aliphatic heterocycles. The zero-order chi connectivity index (χ0) is 16.3. The average Bonchev–Trinajstić information content (AvgIpc) is 2.83. The van der Waals surface area contributed by atoms with Gasteiger partial charge < -0.3 is 9.73 Å². The number of rotatable bonds is 5. The third-order valence-corrected chi connectivity index (χ3v) is 3.43. The van der Waals surface area contributed by atoms with Crippen LogP contribution in [0.2, 0.25) is 0 Å². The molecule has 118 valence electrons. The van der Waals surface area contributed by atoms with E-state index in [0.29, 0.717) is 28.6 Å². The molecular weight excluding hydrogens is 353 g/mol. The summed E-state index contributed by atoms with van der Waals surface area (Å²) in [6.07, 6.45) is 0.643. The first-order chi connectivity index (χ1) is 10.3. The maximum atomic E-state index is 13.4. The minimum absolute atomic E-state index is 0.233. The Morgan fingerprint density at radius 2 is 2.09 bits per heavy atom. The molecule has 1 N–H and O–H groups in total. The lowest BCUT2D eigenvalue weighted by Crippen LogP contribution is -2.30. The summed E-state index contributed by atoms with van der Waals surface area (Å²) in [6.45, 7) is 5.75. The van der Waals surface area contributed by atoms with Crippen LogP contribution in [0.3, 0.4) is 0 Å². The number of carbonyl (C=O) groups excluding carboxylic acids is 1. The number of aryl methyl sites for hydroxylation is 1. The van der Waals surface area contributed by atoms with Crippen LogP contribution >= 0.6 is 15.9 Å². The zero-order valence-electron chi connectivity index (χ0n) is 12.6. The molecule has 0 saturated heterocycles. The normalized spacial score (nSPS) is 12.5. The molecule has 0 bridgehead atoms. The predicted octanol–water partition coefficient (Wildman–Crippen LogP) is 3.80. The molecular formula is C15H17BrFN3O2. The molecule has 0 aliphatic carbocycles. The number of hydrogen-bond acceptors (Lipinski definition) is 4. The minimum Gasteiger partial charge on any atom is -0.423 e. The van der Waals surface area contributed by atoms with Crippen molar-refractivity contribution in [2.24, 2.45) is 5.92 Å². The molecule has 1 aromatic heterocycles. The Bertz CT molecular complexity index is 652. The summed E-state index contributed by atoms with van der Waals surface area (Å²) in [5, 5.41) is 10.6. The Morgan fingerprint density at radius 3 is 2.64 bits per heavy atom. The molecule has 7 heteroatoms. The highest BCUT2D eigenvalue weighted by Gasteiger charge is 2.22. The van der Waals surface area contributed by atoms with Crippen LogP contribution in [-0.2, 0) is 0 Å². The first-order valence-electron chi connectivity index (χ1n) is 6.92. The SMILES string of the molecule is Cc1nnc(C(CC(C)C)NC(=O)c2cc(F)cc(Br)c2)o1. The van der Waals surface area contributed by atoms with Gasteiger partial charge in [0.05, 0.1) is 0 Å². The Morgan fingerprint density at radius 1 is 1.36 bits per heavy atom. The molecule has 22 heavy (non-hydrogen) atoms. The fourth-order valence-corrected chi connectivity index (χ4v) is 2.54. The molecule has 1 amide bonds. The molecule has 0 aliphatic rings. The van der Waals surface area contributed by atoms with Crippen LogP contribution in [0.4, 0.5) is 4.39 Å². The van der Waals surface area contributed by atoms with E-state index in [9.17, 15) is 9.18 Å². The summed E-state index contributed by atoms with van der Waals surface area (Å²) in [5.41, 5.74) is 0.233. The molecule has 2 aromatic rings. The molecule has 0 fully saturated rings. The van der Waals surface area contributed by atoms with Crippen LogP contribution in [0.5, 0.6) is 0 Å². The van der Waals surface area contributed by atoms with Crippen LogP contribution in [0.25, 0.3) is 0 Å². The number of aromatic nitrogens is 2. The number of amides is 1. The molecule has 0 radical (unpaired) electrons. The van der Waals surface area contributed by atoms with Gasteiger partial charge in [-0.1, -0.05) is 29.8 Å². The van der Waals surface area contributed by atoms with E-state index in [1.807, 2.05) is 13.8 Å². The predicted molar refractivity (Wildman–Crippen MR) is 82.8 cm³/mol. The summed E-state index contributed by atoms with van der Waals surface area (Å²) >= 11 is 3.18. The minimum atomic E-state index is -0.478. The molecule has 1 aromatic carbocycles. The number of carbonyl (C=O) groups is 1. The van der Waals surface area contributed by atoms with E-state index in [1.165, 1.54) is 12.1 Å². The van der Waals surface area contributed by atoms with Gasteiger partial charge >= 0.3 is 0 Å². The smallest absolute Gasteiger partial charge is 0.252 e. The van der Waals surface area contributed by atoms with Crippen LogP contribution in [0.15, 0.2) is 27.1 Å².